The van der Waals surface area contributed by atoms with Gasteiger partial charge in [0.05, 0.1) is 7.11 Å². The zero-order valence-electron chi connectivity index (χ0n) is 10.6. The second-order valence-electron chi connectivity index (χ2n) is 3.82. The van der Waals surface area contributed by atoms with Crippen LogP contribution in [-0.4, -0.2) is 41.1 Å². The van der Waals surface area contributed by atoms with Gasteiger partial charge in [0.1, 0.15) is 16.9 Å². The van der Waals surface area contributed by atoms with Crippen molar-refractivity contribution < 1.29 is 24.2 Å². The van der Waals surface area contributed by atoms with E-state index in [0.717, 1.165) is 0 Å². The number of halogens is 1. The maximum Gasteiger partial charge on any atom is 0.326 e. The molecule has 1 heterocycles. The van der Waals surface area contributed by atoms with Crippen molar-refractivity contribution in [2.75, 3.05) is 7.11 Å². The number of hydrogen-bond acceptors (Lipinski definition) is 5. The maximum atomic E-state index is 11.8. The van der Waals surface area contributed by atoms with Gasteiger partial charge in [-0.2, -0.15) is 0 Å². The van der Waals surface area contributed by atoms with Gasteiger partial charge in [-0.25, -0.2) is 9.78 Å². The fourth-order valence-electron chi connectivity index (χ4n) is 1.39. The lowest BCUT2D eigenvalue weighted by molar-refractivity contribution is -0.142. The van der Waals surface area contributed by atoms with E-state index in [1.165, 1.54) is 25.3 Å². The normalized spacial score (nSPS) is 11.5. The molecular weight excluding hydrogens is 288 g/mol. The molecule has 0 aliphatic rings. The molecule has 0 aliphatic heterocycles. The molecule has 20 heavy (non-hydrogen) atoms. The zero-order chi connectivity index (χ0) is 15.1. The van der Waals surface area contributed by atoms with Crippen molar-refractivity contribution in [1.82, 2.24) is 10.3 Å². The quantitative estimate of drug-likeness (QED) is 0.596. The molecule has 0 aliphatic carbocycles. The number of nitrogens with zero attached hydrogens (tertiary/aromatic N) is 1. The van der Waals surface area contributed by atoms with Crippen LogP contribution in [0.5, 0.6) is 0 Å². The molecule has 0 unspecified atom stereocenters. The molecule has 0 saturated carbocycles. The summed E-state index contributed by atoms with van der Waals surface area (Å²) in [5.41, 5.74) is 0.00168. The van der Waals surface area contributed by atoms with Crippen LogP contribution in [0.15, 0.2) is 18.2 Å². The number of nitrogens with one attached hydrogen (secondary N) is 1. The molecule has 0 spiro atoms. The molecule has 108 valence electrons. The van der Waals surface area contributed by atoms with E-state index in [-0.39, 0.29) is 23.7 Å². The van der Waals surface area contributed by atoms with E-state index in [1.807, 2.05) is 0 Å². The summed E-state index contributed by atoms with van der Waals surface area (Å²) in [4.78, 5) is 37.6. The van der Waals surface area contributed by atoms with Gasteiger partial charge in [-0.05, 0) is 18.6 Å². The molecule has 7 nitrogen and oxygen atoms in total. The smallest absolute Gasteiger partial charge is 0.326 e. The van der Waals surface area contributed by atoms with Crippen molar-refractivity contribution in [3.8, 4) is 0 Å². The van der Waals surface area contributed by atoms with Crippen LogP contribution in [0.3, 0.4) is 0 Å². The van der Waals surface area contributed by atoms with E-state index in [1.54, 1.807) is 0 Å². The number of carboxylic acids is 1. The maximum absolute atomic E-state index is 11.8. The molecule has 0 bridgehead atoms. The van der Waals surface area contributed by atoms with Gasteiger partial charge in [-0.3, -0.25) is 9.59 Å². The van der Waals surface area contributed by atoms with Crippen LogP contribution in [0, 0.1) is 0 Å². The SMILES string of the molecule is COC(=O)CC[C@@H](NC(=O)c1cccc(Cl)n1)C(=O)O. The van der Waals surface area contributed by atoms with E-state index >= 15 is 0 Å². The lowest BCUT2D eigenvalue weighted by atomic mass is 10.1. The second kappa shape index (κ2) is 7.44. The molecule has 0 radical (unpaired) electrons. The van der Waals surface area contributed by atoms with Crippen LogP contribution >= 0.6 is 11.6 Å². The summed E-state index contributed by atoms with van der Waals surface area (Å²) >= 11 is 5.64. The van der Waals surface area contributed by atoms with Crippen molar-refractivity contribution in [3.63, 3.8) is 0 Å². The predicted octanol–water partition coefficient (Wildman–Crippen LogP) is 0.871. The minimum atomic E-state index is -1.25. The van der Waals surface area contributed by atoms with Gasteiger partial charge in [0.15, 0.2) is 0 Å². The van der Waals surface area contributed by atoms with Crippen LogP contribution in [0.1, 0.15) is 23.3 Å². The Balaban J connectivity index is 2.68. The topological polar surface area (TPSA) is 106 Å². The molecule has 1 aromatic rings. The van der Waals surface area contributed by atoms with Crippen molar-refractivity contribution >= 4 is 29.4 Å². The van der Waals surface area contributed by atoms with Gasteiger partial charge < -0.3 is 15.2 Å². The van der Waals surface area contributed by atoms with Gasteiger partial charge in [-0.15, -0.1) is 0 Å². The molecule has 8 heteroatoms. The van der Waals surface area contributed by atoms with E-state index in [4.69, 9.17) is 16.7 Å². The molecule has 0 fully saturated rings. The minimum absolute atomic E-state index is 0.00168. The Bertz CT molecular complexity index is 520. The number of hydrogen-bond donors (Lipinski definition) is 2. The van der Waals surface area contributed by atoms with Crippen molar-refractivity contribution in [2.45, 2.75) is 18.9 Å². The Morgan fingerprint density at radius 3 is 2.70 bits per heavy atom. The summed E-state index contributed by atoms with van der Waals surface area (Å²) in [6, 6.07) is 3.21. The summed E-state index contributed by atoms with van der Waals surface area (Å²) < 4.78 is 4.41. The minimum Gasteiger partial charge on any atom is -0.480 e. The molecule has 1 atom stereocenters. The summed E-state index contributed by atoms with van der Waals surface area (Å²) in [6.45, 7) is 0. The van der Waals surface area contributed by atoms with E-state index in [0.29, 0.717) is 0 Å². The molecule has 0 aromatic carbocycles. The van der Waals surface area contributed by atoms with Crippen LogP contribution in [-0.2, 0) is 14.3 Å². The van der Waals surface area contributed by atoms with Crippen LogP contribution in [0.4, 0.5) is 0 Å². The zero-order valence-corrected chi connectivity index (χ0v) is 11.4. The lowest BCUT2D eigenvalue weighted by Gasteiger charge is -2.13. The summed E-state index contributed by atoms with van der Waals surface area (Å²) in [5.74, 6) is -2.47. The third-order valence-corrected chi connectivity index (χ3v) is 2.63. The second-order valence-corrected chi connectivity index (χ2v) is 4.21. The fraction of sp³-hybridized carbons (Fsp3) is 0.333. The standard InChI is InChI=1S/C12H13ClN2O5/c1-20-10(16)6-5-8(12(18)19)15-11(17)7-3-2-4-9(13)14-7/h2-4,8H,5-6H2,1H3,(H,15,17)(H,18,19)/t8-/m1/s1. The number of rotatable bonds is 6. The number of ether oxygens (including phenoxy) is 1. The van der Waals surface area contributed by atoms with Gasteiger partial charge in [-0.1, -0.05) is 17.7 Å². The van der Waals surface area contributed by atoms with E-state index in [2.05, 4.69) is 15.0 Å². The number of esters is 1. The highest BCUT2D eigenvalue weighted by Gasteiger charge is 2.22. The molecule has 1 amide bonds. The molecule has 1 rings (SSSR count). The Labute approximate surface area is 119 Å². The first-order chi connectivity index (χ1) is 9.43. The first-order valence-electron chi connectivity index (χ1n) is 5.67. The number of carboxylic acid groups (broad SMARTS) is 1. The number of aliphatic carboxylic acids is 1. The van der Waals surface area contributed by atoms with Crippen molar-refractivity contribution in [2.24, 2.45) is 0 Å². The number of carbonyl (C=O) groups is 3. The highest BCUT2D eigenvalue weighted by atomic mass is 35.5. The lowest BCUT2D eigenvalue weighted by Crippen LogP contribution is -2.41. The first-order valence-corrected chi connectivity index (χ1v) is 6.05. The van der Waals surface area contributed by atoms with Gasteiger partial charge in [0, 0.05) is 6.42 Å². The highest BCUT2D eigenvalue weighted by molar-refractivity contribution is 6.29. The third kappa shape index (κ3) is 4.85. The first kappa shape index (κ1) is 15.9. The molecular formula is C12H13ClN2O5. The summed E-state index contributed by atoms with van der Waals surface area (Å²) in [7, 11) is 1.20. The molecule has 2 N–H and O–H groups in total. The molecule has 1 aromatic heterocycles. The average Bonchev–Trinajstić information content (AvgIpc) is 2.42. The molecule has 0 saturated heterocycles. The third-order valence-electron chi connectivity index (χ3n) is 2.42. The van der Waals surface area contributed by atoms with E-state index < -0.39 is 23.9 Å². The Morgan fingerprint density at radius 1 is 1.45 bits per heavy atom. The number of amides is 1. The van der Waals surface area contributed by atoms with Gasteiger partial charge >= 0.3 is 11.9 Å². The van der Waals surface area contributed by atoms with Gasteiger partial charge in [0.2, 0.25) is 0 Å². The Morgan fingerprint density at radius 2 is 2.15 bits per heavy atom. The van der Waals surface area contributed by atoms with Crippen LogP contribution in [0.25, 0.3) is 0 Å². The largest absolute Gasteiger partial charge is 0.480 e. The van der Waals surface area contributed by atoms with Crippen LogP contribution in [0.2, 0.25) is 5.15 Å². The predicted molar refractivity (Wildman–Crippen MR) is 69.4 cm³/mol. The van der Waals surface area contributed by atoms with Crippen molar-refractivity contribution in [1.29, 1.82) is 0 Å². The van der Waals surface area contributed by atoms with Crippen LogP contribution < -0.4 is 5.32 Å². The fourth-order valence-corrected chi connectivity index (χ4v) is 1.55. The highest BCUT2D eigenvalue weighted by Crippen LogP contribution is 2.06. The summed E-state index contributed by atoms with van der Waals surface area (Å²) in [6.07, 6.45) is -0.189. The number of aromatic nitrogens is 1. The number of pyridine rings is 1. The van der Waals surface area contributed by atoms with Crippen molar-refractivity contribution in [3.05, 3.63) is 29.0 Å². The van der Waals surface area contributed by atoms with E-state index in [9.17, 15) is 14.4 Å². The Hall–Kier alpha value is -2.15. The monoisotopic (exact) mass is 300 g/mol. The number of carbonyl (C=O) groups excluding carboxylic acids is 2. The number of methoxy groups -OCH3 is 1. The van der Waals surface area contributed by atoms with Gasteiger partial charge in [0.25, 0.3) is 5.91 Å². The average molecular weight is 301 g/mol. The summed E-state index contributed by atoms with van der Waals surface area (Å²) in [5, 5.41) is 11.4. The Kier molecular flexibility index (Phi) is 5.92.